The number of nitrogens with one attached hydrogen (secondary N) is 2. The highest BCUT2D eigenvalue weighted by Crippen LogP contribution is 2.35. The van der Waals surface area contributed by atoms with Gasteiger partial charge in [-0.15, -0.1) is 0 Å². The molecule has 2 heterocycles. The lowest BCUT2D eigenvalue weighted by molar-refractivity contribution is -0.121. The first-order valence-corrected chi connectivity index (χ1v) is 11.9. The standard InChI is InChI=1S/C25H27F3N4OS/c1-24(2,29-14-17-8-10-19(26)11-9-17)22(33)31-23-30-21(18-6-4-3-5-7-18)20(34-23)15-32-13-12-25(27,28)16-32/h3-11,29H,12-16H2,1-2H3,(H,30,31,33). The summed E-state index contributed by atoms with van der Waals surface area (Å²) in [6.07, 6.45) is -0.149. The number of hydrogen-bond acceptors (Lipinski definition) is 5. The molecule has 1 aromatic heterocycles. The van der Waals surface area contributed by atoms with E-state index in [4.69, 9.17) is 0 Å². The minimum atomic E-state index is -2.67. The van der Waals surface area contributed by atoms with Crippen molar-refractivity contribution < 1.29 is 18.0 Å². The lowest BCUT2D eigenvalue weighted by Gasteiger charge is -2.24. The molecule has 0 radical (unpaired) electrons. The summed E-state index contributed by atoms with van der Waals surface area (Å²) in [7, 11) is 0. The van der Waals surface area contributed by atoms with Crippen molar-refractivity contribution in [1.82, 2.24) is 15.2 Å². The Balaban J connectivity index is 1.48. The predicted molar refractivity (Wildman–Crippen MR) is 128 cm³/mol. The van der Waals surface area contributed by atoms with Crippen molar-refractivity contribution in [3.63, 3.8) is 0 Å². The highest BCUT2D eigenvalue weighted by Gasteiger charge is 2.38. The van der Waals surface area contributed by atoms with Crippen LogP contribution in [0.25, 0.3) is 11.3 Å². The molecule has 3 aromatic rings. The highest BCUT2D eigenvalue weighted by atomic mass is 32.1. The first-order chi connectivity index (χ1) is 16.1. The zero-order valence-corrected chi connectivity index (χ0v) is 19.9. The summed E-state index contributed by atoms with van der Waals surface area (Å²) >= 11 is 1.30. The van der Waals surface area contributed by atoms with Crippen LogP contribution in [0, 0.1) is 5.82 Å². The van der Waals surface area contributed by atoms with Crippen LogP contribution in [0.1, 0.15) is 30.7 Å². The minimum absolute atomic E-state index is 0.149. The summed E-state index contributed by atoms with van der Waals surface area (Å²) in [6, 6.07) is 15.6. The van der Waals surface area contributed by atoms with Crippen molar-refractivity contribution in [3.05, 3.63) is 70.9 Å². The molecular formula is C25H27F3N4OS. The third-order valence-corrected chi connectivity index (χ3v) is 6.75. The Labute approximate surface area is 201 Å². The van der Waals surface area contributed by atoms with E-state index in [1.54, 1.807) is 30.9 Å². The zero-order valence-electron chi connectivity index (χ0n) is 19.1. The monoisotopic (exact) mass is 488 g/mol. The predicted octanol–water partition coefficient (Wildman–Crippen LogP) is 5.30. The van der Waals surface area contributed by atoms with Gasteiger partial charge in [-0.2, -0.15) is 0 Å². The van der Waals surface area contributed by atoms with Crippen LogP contribution in [0.4, 0.5) is 18.3 Å². The van der Waals surface area contributed by atoms with E-state index in [1.807, 2.05) is 30.3 Å². The number of anilines is 1. The van der Waals surface area contributed by atoms with Crippen LogP contribution in [0.5, 0.6) is 0 Å². The number of carbonyl (C=O) groups is 1. The van der Waals surface area contributed by atoms with Crippen LogP contribution in [0.3, 0.4) is 0 Å². The zero-order chi connectivity index (χ0) is 24.3. The quantitative estimate of drug-likeness (QED) is 0.452. The normalized spacial score (nSPS) is 16.0. The molecule has 2 aromatic carbocycles. The molecule has 0 bridgehead atoms. The van der Waals surface area contributed by atoms with Gasteiger partial charge < -0.3 is 5.32 Å². The van der Waals surface area contributed by atoms with Crippen molar-refractivity contribution in [2.24, 2.45) is 0 Å². The molecule has 0 atom stereocenters. The molecule has 0 unspecified atom stereocenters. The molecule has 180 valence electrons. The second kappa shape index (κ2) is 9.85. The molecule has 1 aliphatic rings. The fraction of sp³-hybridized carbons (Fsp3) is 0.360. The molecule has 0 saturated carbocycles. The van der Waals surface area contributed by atoms with Gasteiger partial charge >= 0.3 is 0 Å². The average molecular weight is 489 g/mol. The van der Waals surface area contributed by atoms with E-state index < -0.39 is 11.5 Å². The number of alkyl halides is 2. The lowest BCUT2D eigenvalue weighted by atomic mass is 10.0. The van der Waals surface area contributed by atoms with Crippen LogP contribution < -0.4 is 10.6 Å². The van der Waals surface area contributed by atoms with Crippen LogP contribution in [-0.2, 0) is 17.9 Å². The van der Waals surface area contributed by atoms with E-state index in [2.05, 4.69) is 15.6 Å². The maximum Gasteiger partial charge on any atom is 0.261 e. The van der Waals surface area contributed by atoms with Gasteiger partial charge in [-0.3, -0.25) is 15.0 Å². The van der Waals surface area contributed by atoms with Crippen molar-refractivity contribution in [2.75, 3.05) is 18.4 Å². The maximum atomic E-state index is 13.7. The molecule has 34 heavy (non-hydrogen) atoms. The van der Waals surface area contributed by atoms with Crippen LogP contribution in [0.15, 0.2) is 54.6 Å². The van der Waals surface area contributed by atoms with Gasteiger partial charge in [0, 0.05) is 36.5 Å². The Morgan fingerprint density at radius 3 is 2.50 bits per heavy atom. The molecule has 9 heteroatoms. The van der Waals surface area contributed by atoms with Gasteiger partial charge in [0.25, 0.3) is 5.92 Å². The number of benzene rings is 2. The third-order valence-electron chi connectivity index (χ3n) is 5.80. The Morgan fingerprint density at radius 2 is 1.85 bits per heavy atom. The van der Waals surface area contributed by atoms with Gasteiger partial charge in [0.15, 0.2) is 5.13 Å². The summed E-state index contributed by atoms with van der Waals surface area (Å²) in [5.41, 5.74) is 1.49. The van der Waals surface area contributed by atoms with Crippen LogP contribution in [-0.4, -0.2) is 40.3 Å². The molecule has 0 spiro atoms. The van der Waals surface area contributed by atoms with Gasteiger partial charge in [0.05, 0.1) is 17.8 Å². The number of thiazole rings is 1. The molecular weight excluding hydrogens is 461 g/mol. The molecule has 4 rings (SSSR count). The largest absolute Gasteiger partial charge is 0.300 e. The van der Waals surface area contributed by atoms with Gasteiger partial charge in [0.2, 0.25) is 5.91 Å². The van der Waals surface area contributed by atoms with Gasteiger partial charge in [0.1, 0.15) is 5.82 Å². The van der Waals surface area contributed by atoms with E-state index in [-0.39, 0.29) is 24.7 Å². The van der Waals surface area contributed by atoms with E-state index in [0.717, 1.165) is 16.0 Å². The smallest absolute Gasteiger partial charge is 0.261 e. The Morgan fingerprint density at radius 1 is 1.15 bits per heavy atom. The molecule has 1 saturated heterocycles. The average Bonchev–Trinajstić information content (AvgIpc) is 3.36. The number of aromatic nitrogens is 1. The molecule has 0 aliphatic carbocycles. The number of rotatable bonds is 8. The molecule has 5 nitrogen and oxygen atoms in total. The summed E-state index contributed by atoms with van der Waals surface area (Å²) in [5, 5.41) is 6.48. The van der Waals surface area contributed by atoms with Crippen molar-refractivity contribution in [3.8, 4) is 11.3 Å². The molecule has 2 N–H and O–H groups in total. The summed E-state index contributed by atoms with van der Waals surface area (Å²) in [6.45, 7) is 4.29. The van der Waals surface area contributed by atoms with E-state index in [9.17, 15) is 18.0 Å². The number of amides is 1. The maximum absolute atomic E-state index is 13.7. The minimum Gasteiger partial charge on any atom is -0.300 e. The number of nitrogens with zero attached hydrogens (tertiary/aromatic N) is 2. The lowest BCUT2D eigenvalue weighted by Crippen LogP contribution is -2.49. The summed E-state index contributed by atoms with van der Waals surface area (Å²) in [4.78, 5) is 20.2. The molecule has 1 fully saturated rings. The van der Waals surface area contributed by atoms with Gasteiger partial charge in [-0.25, -0.2) is 18.2 Å². The number of likely N-dealkylation sites (tertiary alicyclic amines) is 1. The van der Waals surface area contributed by atoms with Crippen molar-refractivity contribution >= 4 is 22.4 Å². The Bertz CT molecular complexity index is 1130. The van der Waals surface area contributed by atoms with Gasteiger partial charge in [-0.1, -0.05) is 53.8 Å². The fourth-order valence-corrected chi connectivity index (χ4v) is 4.76. The third kappa shape index (κ3) is 6.02. The Kier molecular flexibility index (Phi) is 7.06. The highest BCUT2D eigenvalue weighted by molar-refractivity contribution is 7.16. The van der Waals surface area contributed by atoms with E-state index >= 15 is 0 Å². The SMILES string of the molecule is CC(C)(NCc1ccc(F)cc1)C(=O)Nc1nc(-c2ccccc2)c(CN2CCC(F)(F)C2)s1. The second-order valence-corrected chi connectivity index (χ2v) is 10.1. The van der Waals surface area contributed by atoms with E-state index in [0.29, 0.717) is 30.5 Å². The van der Waals surface area contributed by atoms with Crippen LogP contribution >= 0.6 is 11.3 Å². The first-order valence-electron chi connectivity index (χ1n) is 11.1. The van der Waals surface area contributed by atoms with E-state index in [1.165, 1.54) is 23.5 Å². The second-order valence-electron chi connectivity index (χ2n) is 9.03. The van der Waals surface area contributed by atoms with Gasteiger partial charge in [-0.05, 0) is 31.5 Å². The fourth-order valence-electron chi connectivity index (χ4n) is 3.74. The molecule has 1 aliphatic heterocycles. The Hall–Kier alpha value is -2.75. The molecule has 1 amide bonds. The number of halogens is 3. The number of hydrogen-bond donors (Lipinski definition) is 2. The first kappa shape index (κ1) is 24.4. The number of carbonyl (C=O) groups excluding carboxylic acids is 1. The summed E-state index contributed by atoms with van der Waals surface area (Å²) in [5.74, 6) is -3.26. The van der Waals surface area contributed by atoms with Crippen LogP contribution in [0.2, 0.25) is 0 Å². The summed E-state index contributed by atoms with van der Waals surface area (Å²) < 4.78 is 40.5. The topological polar surface area (TPSA) is 57.3 Å². The van der Waals surface area contributed by atoms with Crippen molar-refractivity contribution in [1.29, 1.82) is 0 Å². The van der Waals surface area contributed by atoms with Crippen molar-refractivity contribution in [2.45, 2.75) is 44.8 Å².